The number of benzene rings is 2. The highest BCUT2D eigenvalue weighted by Gasteiger charge is 2.27. The molecule has 0 bridgehead atoms. The van der Waals surface area contributed by atoms with Gasteiger partial charge in [-0.3, -0.25) is 4.98 Å². The third-order valence-corrected chi connectivity index (χ3v) is 4.21. The fourth-order valence-electron chi connectivity index (χ4n) is 2.87. The van der Waals surface area contributed by atoms with E-state index in [1.807, 2.05) is 54.7 Å². The molecule has 2 aromatic carbocycles. The number of aromatic nitrogens is 1. The number of pyridine rings is 1. The summed E-state index contributed by atoms with van der Waals surface area (Å²) in [5.41, 5.74) is 4.45. The summed E-state index contributed by atoms with van der Waals surface area (Å²) in [6.07, 6.45) is 2.67. The van der Waals surface area contributed by atoms with Gasteiger partial charge in [0, 0.05) is 28.8 Å². The number of fused-ring (bicyclic) bond motifs is 1. The summed E-state index contributed by atoms with van der Waals surface area (Å²) in [5.74, 6) is 0.925. The molecule has 1 aliphatic rings. The summed E-state index contributed by atoms with van der Waals surface area (Å²) in [7, 11) is 0. The lowest BCUT2D eigenvalue weighted by Crippen LogP contribution is -2.02. The number of ether oxygens (including phenoxy) is 1. The van der Waals surface area contributed by atoms with E-state index in [0.717, 1.165) is 34.0 Å². The van der Waals surface area contributed by atoms with Crippen molar-refractivity contribution in [1.82, 2.24) is 4.98 Å². The third kappa shape index (κ3) is 2.36. The van der Waals surface area contributed by atoms with Crippen LogP contribution in [0.5, 0.6) is 5.75 Å². The normalized spacial score (nSPS) is 16.1. The molecule has 0 aliphatic carbocycles. The Kier molecular flexibility index (Phi) is 3.32. The van der Waals surface area contributed by atoms with Crippen LogP contribution in [0.15, 0.2) is 66.9 Å². The van der Waals surface area contributed by atoms with Crippen molar-refractivity contribution in [2.75, 3.05) is 0 Å². The lowest BCUT2D eigenvalue weighted by atomic mass is 9.99. The number of hydrogen-bond acceptors (Lipinski definition) is 2. The second-order valence-corrected chi connectivity index (χ2v) is 5.80. The smallest absolute Gasteiger partial charge is 0.128 e. The largest absolute Gasteiger partial charge is 0.485 e. The lowest BCUT2D eigenvalue weighted by Gasteiger charge is -2.10. The Labute approximate surface area is 134 Å². The zero-order valence-corrected chi connectivity index (χ0v) is 12.6. The third-order valence-electron chi connectivity index (χ3n) is 3.96. The van der Waals surface area contributed by atoms with E-state index in [1.165, 1.54) is 5.56 Å². The molecule has 108 valence electrons. The molecule has 0 saturated heterocycles. The summed E-state index contributed by atoms with van der Waals surface area (Å²) >= 11 is 5.96. The average molecular weight is 308 g/mol. The Balaban J connectivity index is 1.71. The maximum Gasteiger partial charge on any atom is 0.128 e. The molecule has 0 N–H and O–H groups in total. The van der Waals surface area contributed by atoms with Crippen LogP contribution in [0.3, 0.4) is 0 Å². The highest BCUT2D eigenvalue weighted by atomic mass is 35.5. The molecule has 3 aromatic rings. The molecule has 1 aromatic heterocycles. The molecule has 0 fully saturated rings. The molecule has 3 heteroatoms. The summed E-state index contributed by atoms with van der Waals surface area (Å²) in [6, 6.07) is 20.0. The van der Waals surface area contributed by atoms with Crippen LogP contribution in [-0.4, -0.2) is 4.98 Å². The zero-order chi connectivity index (χ0) is 14.9. The first-order chi connectivity index (χ1) is 10.8. The Morgan fingerprint density at radius 1 is 0.955 bits per heavy atom. The molecule has 22 heavy (non-hydrogen) atoms. The monoisotopic (exact) mass is 307 g/mol. The van der Waals surface area contributed by atoms with E-state index in [4.69, 9.17) is 16.3 Å². The molecule has 0 radical (unpaired) electrons. The number of nitrogens with zero attached hydrogens (tertiary/aromatic N) is 1. The quantitative estimate of drug-likeness (QED) is 0.659. The molecule has 1 unspecified atom stereocenters. The average Bonchev–Trinajstić information content (AvgIpc) is 3.00. The number of hydrogen-bond donors (Lipinski definition) is 0. The van der Waals surface area contributed by atoms with Gasteiger partial charge in [0.05, 0.1) is 5.69 Å². The lowest BCUT2D eigenvalue weighted by molar-refractivity contribution is 0.238. The fraction of sp³-hybridized carbons (Fsp3) is 0.105. The first-order valence-electron chi connectivity index (χ1n) is 7.27. The van der Waals surface area contributed by atoms with Gasteiger partial charge < -0.3 is 4.74 Å². The van der Waals surface area contributed by atoms with Crippen molar-refractivity contribution in [1.29, 1.82) is 0 Å². The van der Waals surface area contributed by atoms with Gasteiger partial charge in [-0.05, 0) is 23.8 Å². The molecule has 1 aliphatic heterocycles. The standard InChI is InChI=1S/C19H14ClNO/c20-15-8-6-13(7-9-15)18-12-16-17(22-18)10-11-21-19(16)14-4-2-1-3-5-14/h1-11,18H,12H2. The SMILES string of the molecule is Clc1ccc(C2Cc3c(ccnc3-c3ccccc3)O2)cc1. The van der Waals surface area contributed by atoms with Gasteiger partial charge in [0.1, 0.15) is 11.9 Å². The maximum atomic E-state index is 6.11. The van der Waals surface area contributed by atoms with Crippen molar-refractivity contribution in [2.45, 2.75) is 12.5 Å². The topological polar surface area (TPSA) is 22.1 Å². The van der Waals surface area contributed by atoms with Crippen molar-refractivity contribution in [3.05, 3.63) is 83.0 Å². The van der Waals surface area contributed by atoms with Crippen LogP contribution >= 0.6 is 11.6 Å². The minimum absolute atomic E-state index is 0.0268. The van der Waals surface area contributed by atoms with Crippen LogP contribution in [0.2, 0.25) is 5.02 Å². The van der Waals surface area contributed by atoms with Crippen LogP contribution in [0.25, 0.3) is 11.3 Å². The van der Waals surface area contributed by atoms with Gasteiger partial charge in [-0.1, -0.05) is 54.1 Å². The van der Waals surface area contributed by atoms with E-state index >= 15 is 0 Å². The first-order valence-corrected chi connectivity index (χ1v) is 7.64. The second-order valence-electron chi connectivity index (χ2n) is 5.36. The number of halogens is 1. The van der Waals surface area contributed by atoms with Crippen LogP contribution in [-0.2, 0) is 6.42 Å². The molecule has 2 nitrogen and oxygen atoms in total. The molecule has 4 rings (SSSR count). The minimum Gasteiger partial charge on any atom is -0.485 e. The predicted octanol–water partition coefficient (Wildman–Crippen LogP) is 5.08. The molecule has 0 amide bonds. The van der Waals surface area contributed by atoms with Crippen molar-refractivity contribution in [3.63, 3.8) is 0 Å². The van der Waals surface area contributed by atoms with Gasteiger partial charge in [-0.2, -0.15) is 0 Å². The van der Waals surface area contributed by atoms with Crippen molar-refractivity contribution < 1.29 is 4.74 Å². The van der Waals surface area contributed by atoms with E-state index in [0.29, 0.717) is 0 Å². The van der Waals surface area contributed by atoms with E-state index < -0.39 is 0 Å². The highest BCUT2D eigenvalue weighted by Crippen LogP contribution is 2.40. The number of rotatable bonds is 2. The van der Waals surface area contributed by atoms with Crippen molar-refractivity contribution in [2.24, 2.45) is 0 Å². The van der Waals surface area contributed by atoms with Crippen molar-refractivity contribution >= 4 is 11.6 Å². The minimum atomic E-state index is 0.0268. The van der Waals surface area contributed by atoms with Gasteiger partial charge in [-0.15, -0.1) is 0 Å². The molecular weight excluding hydrogens is 294 g/mol. The molecule has 0 saturated carbocycles. The van der Waals surface area contributed by atoms with Gasteiger partial charge in [0.15, 0.2) is 0 Å². The summed E-state index contributed by atoms with van der Waals surface area (Å²) < 4.78 is 6.11. The Bertz CT molecular complexity index is 799. The van der Waals surface area contributed by atoms with Gasteiger partial charge in [0.25, 0.3) is 0 Å². The molecular formula is C19H14ClNO. The van der Waals surface area contributed by atoms with E-state index in [1.54, 1.807) is 0 Å². The summed E-state index contributed by atoms with van der Waals surface area (Å²) in [5, 5.41) is 0.742. The highest BCUT2D eigenvalue weighted by molar-refractivity contribution is 6.30. The van der Waals surface area contributed by atoms with E-state index in [2.05, 4.69) is 17.1 Å². The second kappa shape index (κ2) is 5.47. The van der Waals surface area contributed by atoms with E-state index in [-0.39, 0.29) is 6.10 Å². The maximum absolute atomic E-state index is 6.11. The van der Waals surface area contributed by atoms with Crippen LogP contribution in [0.1, 0.15) is 17.2 Å². The van der Waals surface area contributed by atoms with Crippen LogP contribution in [0.4, 0.5) is 0 Å². The van der Waals surface area contributed by atoms with Gasteiger partial charge >= 0.3 is 0 Å². The van der Waals surface area contributed by atoms with Crippen molar-refractivity contribution in [3.8, 4) is 17.0 Å². The fourth-order valence-corrected chi connectivity index (χ4v) is 3.00. The van der Waals surface area contributed by atoms with Gasteiger partial charge in [-0.25, -0.2) is 0 Å². The molecule has 0 spiro atoms. The van der Waals surface area contributed by atoms with E-state index in [9.17, 15) is 0 Å². The Morgan fingerprint density at radius 3 is 2.50 bits per heavy atom. The Hall–Kier alpha value is -2.32. The van der Waals surface area contributed by atoms with Crippen LogP contribution < -0.4 is 4.74 Å². The Morgan fingerprint density at radius 2 is 1.73 bits per heavy atom. The summed E-state index contributed by atoms with van der Waals surface area (Å²) in [4.78, 5) is 4.56. The van der Waals surface area contributed by atoms with Gasteiger partial charge in [0.2, 0.25) is 0 Å². The predicted molar refractivity (Wildman–Crippen MR) is 88.2 cm³/mol. The molecule has 2 heterocycles. The first kappa shape index (κ1) is 13.4. The van der Waals surface area contributed by atoms with Crippen LogP contribution in [0, 0.1) is 0 Å². The summed E-state index contributed by atoms with van der Waals surface area (Å²) in [6.45, 7) is 0. The molecule has 1 atom stereocenters. The zero-order valence-electron chi connectivity index (χ0n) is 11.9.